The quantitative estimate of drug-likeness (QED) is 0.440. The summed E-state index contributed by atoms with van der Waals surface area (Å²) in [5.74, 6) is -0.360. The molecule has 0 aliphatic carbocycles. The SMILES string of the molecule is CCn1c(CC(=O)Nc2ccc(C)c(C)c2)nnc1SCC(=O)Nc1cccc(C(F)(F)F)c1. The van der Waals surface area contributed by atoms with Gasteiger partial charge in [0.1, 0.15) is 5.82 Å². The number of nitrogens with zero attached hydrogens (tertiary/aromatic N) is 3. The van der Waals surface area contributed by atoms with Crippen molar-refractivity contribution in [3.05, 3.63) is 65.0 Å². The van der Waals surface area contributed by atoms with Gasteiger partial charge < -0.3 is 15.2 Å². The molecule has 3 aromatic rings. The predicted molar refractivity (Wildman–Crippen MR) is 125 cm³/mol. The van der Waals surface area contributed by atoms with Crippen LogP contribution in [0.1, 0.15) is 29.4 Å². The third-order valence-corrected chi connectivity index (χ3v) is 5.99. The molecule has 0 atom stereocenters. The summed E-state index contributed by atoms with van der Waals surface area (Å²) >= 11 is 1.09. The van der Waals surface area contributed by atoms with E-state index in [2.05, 4.69) is 20.8 Å². The lowest BCUT2D eigenvalue weighted by molar-refractivity contribution is -0.137. The first-order valence-corrected chi connectivity index (χ1v) is 11.4. The average molecular weight is 492 g/mol. The van der Waals surface area contributed by atoms with Crippen LogP contribution in [0.3, 0.4) is 0 Å². The number of alkyl halides is 3. The fourth-order valence-electron chi connectivity index (χ4n) is 3.14. The Bertz CT molecular complexity index is 1190. The van der Waals surface area contributed by atoms with Gasteiger partial charge in [0.05, 0.1) is 17.7 Å². The highest BCUT2D eigenvalue weighted by Crippen LogP contribution is 2.30. The molecule has 34 heavy (non-hydrogen) atoms. The Kier molecular flexibility index (Phi) is 7.98. The zero-order chi connectivity index (χ0) is 24.9. The Labute approximate surface area is 199 Å². The van der Waals surface area contributed by atoms with Crippen molar-refractivity contribution in [1.82, 2.24) is 14.8 Å². The fraction of sp³-hybridized carbons (Fsp3) is 0.304. The lowest BCUT2D eigenvalue weighted by atomic mass is 10.1. The number of rotatable bonds is 8. The van der Waals surface area contributed by atoms with Crippen molar-refractivity contribution in [2.24, 2.45) is 0 Å². The summed E-state index contributed by atoms with van der Waals surface area (Å²) in [5.41, 5.74) is 2.10. The van der Waals surface area contributed by atoms with E-state index in [1.165, 1.54) is 12.1 Å². The van der Waals surface area contributed by atoms with Crippen LogP contribution >= 0.6 is 11.8 Å². The number of carbonyl (C=O) groups excluding carboxylic acids is 2. The van der Waals surface area contributed by atoms with Gasteiger partial charge in [-0.3, -0.25) is 9.59 Å². The molecule has 7 nitrogen and oxygen atoms in total. The molecule has 0 bridgehead atoms. The summed E-state index contributed by atoms with van der Waals surface area (Å²) < 4.78 is 40.3. The topological polar surface area (TPSA) is 88.9 Å². The first kappa shape index (κ1) is 25.3. The molecule has 0 radical (unpaired) electrons. The van der Waals surface area contributed by atoms with Crippen molar-refractivity contribution in [2.45, 2.75) is 45.1 Å². The number of thioether (sulfide) groups is 1. The maximum atomic E-state index is 12.8. The Balaban J connectivity index is 1.59. The van der Waals surface area contributed by atoms with Gasteiger partial charge in [-0.25, -0.2) is 0 Å². The molecule has 1 aromatic heterocycles. The maximum Gasteiger partial charge on any atom is 0.416 e. The zero-order valence-corrected chi connectivity index (χ0v) is 19.7. The van der Waals surface area contributed by atoms with E-state index >= 15 is 0 Å². The van der Waals surface area contributed by atoms with Crippen LogP contribution in [-0.4, -0.2) is 32.3 Å². The van der Waals surface area contributed by atoms with E-state index in [0.717, 1.165) is 35.0 Å². The molecule has 0 aliphatic rings. The van der Waals surface area contributed by atoms with Crippen LogP contribution in [0.25, 0.3) is 0 Å². The fourth-order valence-corrected chi connectivity index (χ4v) is 3.96. The van der Waals surface area contributed by atoms with Gasteiger partial charge in [-0.2, -0.15) is 13.2 Å². The number of aryl methyl sites for hydroxylation is 2. The lowest BCUT2D eigenvalue weighted by Crippen LogP contribution is -2.18. The third-order valence-electron chi connectivity index (χ3n) is 5.03. The summed E-state index contributed by atoms with van der Waals surface area (Å²) in [6.07, 6.45) is -4.49. The van der Waals surface area contributed by atoms with E-state index in [4.69, 9.17) is 0 Å². The standard InChI is InChI=1S/C23H24F3N5O2S/c1-4-31-19(12-20(32)27-18-9-8-14(2)15(3)10-18)29-30-22(31)34-13-21(33)28-17-7-5-6-16(11-17)23(24,25)26/h5-11H,4,12-13H2,1-3H3,(H,27,32)(H,28,33). The van der Waals surface area contributed by atoms with Gasteiger partial charge in [0.15, 0.2) is 5.16 Å². The van der Waals surface area contributed by atoms with Gasteiger partial charge in [0, 0.05) is 17.9 Å². The molecule has 2 aromatic carbocycles. The van der Waals surface area contributed by atoms with Crippen molar-refractivity contribution in [3.63, 3.8) is 0 Å². The molecular weight excluding hydrogens is 467 g/mol. The molecule has 180 valence electrons. The summed E-state index contributed by atoms with van der Waals surface area (Å²) in [5, 5.41) is 13.9. The molecule has 0 aliphatic heterocycles. The van der Waals surface area contributed by atoms with E-state index in [9.17, 15) is 22.8 Å². The predicted octanol–water partition coefficient (Wildman–Crippen LogP) is 4.85. The molecular formula is C23H24F3N5O2S. The molecule has 0 saturated carbocycles. The molecule has 0 saturated heterocycles. The van der Waals surface area contributed by atoms with Crippen LogP contribution in [0, 0.1) is 13.8 Å². The van der Waals surface area contributed by atoms with Gasteiger partial charge >= 0.3 is 6.18 Å². The number of aromatic nitrogens is 3. The summed E-state index contributed by atoms with van der Waals surface area (Å²) in [6, 6.07) is 10.1. The lowest BCUT2D eigenvalue weighted by Gasteiger charge is -2.10. The molecule has 1 heterocycles. The zero-order valence-electron chi connectivity index (χ0n) is 18.9. The second-order valence-corrected chi connectivity index (χ2v) is 8.52. The van der Waals surface area contributed by atoms with Crippen LogP contribution in [0.2, 0.25) is 0 Å². The molecule has 0 fully saturated rings. The smallest absolute Gasteiger partial charge is 0.326 e. The second kappa shape index (κ2) is 10.7. The molecule has 2 amide bonds. The van der Waals surface area contributed by atoms with E-state index < -0.39 is 17.6 Å². The van der Waals surface area contributed by atoms with E-state index in [-0.39, 0.29) is 23.8 Å². The second-order valence-electron chi connectivity index (χ2n) is 7.58. The highest BCUT2D eigenvalue weighted by atomic mass is 32.2. The minimum atomic E-state index is -4.49. The molecule has 11 heteroatoms. The van der Waals surface area contributed by atoms with Gasteiger partial charge in [0.2, 0.25) is 11.8 Å². The number of hydrogen-bond donors (Lipinski definition) is 2. The molecule has 0 spiro atoms. The Morgan fingerprint density at radius 3 is 2.35 bits per heavy atom. The van der Waals surface area contributed by atoms with Crippen molar-refractivity contribution >= 4 is 35.0 Å². The van der Waals surface area contributed by atoms with Crippen molar-refractivity contribution in [3.8, 4) is 0 Å². The average Bonchev–Trinajstić information content (AvgIpc) is 3.15. The van der Waals surface area contributed by atoms with E-state index in [1.807, 2.05) is 39.0 Å². The largest absolute Gasteiger partial charge is 0.416 e. The van der Waals surface area contributed by atoms with Crippen LogP contribution in [0.4, 0.5) is 24.5 Å². The third kappa shape index (κ3) is 6.60. The van der Waals surface area contributed by atoms with Crippen molar-refractivity contribution < 1.29 is 22.8 Å². The summed E-state index contributed by atoms with van der Waals surface area (Å²) in [7, 11) is 0. The normalized spacial score (nSPS) is 11.4. The van der Waals surface area contributed by atoms with E-state index in [0.29, 0.717) is 23.2 Å². The first-order chi connectivity index (χ1) is 16.1. The van der Waals surface area contributed by atoms with Crippen LogP contribution in [-0.2, 0) is 28.7 Å². The number of benzene rings is 2. The molecule has 3 rings (SSSR count). The number of amides is 2. The van der Waals surface area contributed by atoms with Gasteiger partial charge in [0.25, 0.3) is 0 Å². The first-order valence-electron chi connectivity index (χ1n) is 10.5. The summed E-state index contributed by atoms with van der Waals surface area (Å²) in [4.78, 5) is 24.7. The minimum absolute atomic E-state index is 0.00472. The highest BCUT2D eigenvalue weighted by molar-refractivity contribution is 7.99. The monoisotopic (exact) mass is 491 g/mol. The van der Waals surface area contributed by atoms with Gasteiger partial charge in [-0.05, 0) is 62.2 Å². The maximum absolute atomic E-state index is 12.8. The van der Waals surface area contributed by atoms with Gasteiger partial charge in [-0.1, -0.05) is 23.9 Å². The van der Waals surface area contributed by atoms with Crippen LogP contribution in [0.5, 0.6) is 0 Å². The number of nitrogens with one attached hydrogen (secondary N) is 2. The number of anilines is 2. The Morgan fingerprint density at radius 2 is 1.68 bits per heavy atom. The van der Waals surface area contributed by atoms with Crippen LogP contribution in [0.15, 0.2) is 47.6 Å². The number of halogens is 3. The van der Waals surface area contributed by atoms with Gasteiger partial charge in [-0.15, -0.1) is 10.2 Å². The highest BCUT2D eigenvalue weighted by Gasteiger charge is 2.30. The van der Waals surface area contributed by atoms with Crippen molar-refractivity contribution in [2.75, 3.05) is 16.4 Å². The number of carbonyl (C=O) groups is 2. The Morgan fingerprint density at radius 1 is 0.971 bits per heavy atom. The number of hydrogen-bond acceptors (Lipinski definition) is 5. The summed E-state index contributed by atoms with van der Waals surface area (Å²) in [6.45, 7) is 6.30. The molecule has 2 N–H and O–H groups in total. The van der Waals surface area contributed by atoms with Crippen molar-refractivity contribution in [1.29, 1.82) is 0 Å². The Hall–Kier alpha value is -3.34. The minimum Gasteiger partial charge on any atom is -0.326 e. The molecule has 0 unspecified atom stereocenters. The van der Waals surface area contributed by atoms with Crippen LogP contribution < -0.4 is 10.6 Å². The van der Waals surface area contributed by atoms with E-state index in [1.54, 1.807) is 4.57 Å².